The number of Topliss-reactive ketones (excluding diaryl/α,β-unsaturated/α-hetero) is 1. The molecule has 2 rings (SSSR count). The number of carboxylic acids is 1. The first-order valence-electron chi connectivity index (χ1n) is 6.45. The number of rotatable bonds is 5. The molecule has 0 radical (unpaired) electrons. The summed E-state index contributed by atoms with van der Waals surface area (Å²) in [6.07, 6.45) is 0. The molecule has 22 heavy (non-hydrogen) atoms. The average Bonchev–Trinajstić information content (AvgIpc) is 2.47. The second-order valence-electron chi connectivity index (χ2n) is 4.85. The highest BCUT2D eigenvalue weighted by Crippen LogP contribution is 2.18. The molecular weight excluding hydrogens is 304 g/mol. The number of hydrogen-bond donors (Lipinski definition) is 1. The van der Waals surface area contributed by atoms with E-state index in [0.29, 0.717) is 11.1 Å². The van der Waals surface area contributed by atoms with Gasteiger partial charge in [0.25, 0.3) is 0 Å². The fourth-order valence-electron chi connectivity index (χ4n) is 1.99. The zero-order chi connectivity index (χ0) is 16.3. The molecule has 0 aliphatic heterocycles. The van der Waals surface area contributed by atoms with Gasteiger partial charge in [-0.3, -0.25) is 4.79 Å². The van der Waals surface area contributed by atoms with E-state index in [4.69, 9.17) is 5.11 Å². The van der Waals surface area contributed by atoms with Gasteiger partial charge < -0.3 is 5.11 Å². The Morgan fingerprint density at radius 2 is 1.64 bits per heavy atom. The second-order valence-corrected chi connectivity index (χ2v) is 6.83. The Balaban J connectivity index is 2.29. The molecule has 6 heteroatoms. The lowest BCUT2D eigenvalue weighted by Gasteiger charge is -2.06. The van der Waals surface area contributed by atoms with Crippen molar-refractivity contribution in [1.82, 2.24) is 0 Å². The van der Waals surface area contributed by atoms with E-state index in [1.807, 2.05) is 0 Å². The lowest BCUT2D eigenvalue weighted by Crippen LogP contribution is -2.06. The predicted molar refractivity (Wildman–Crippen MR) is 80.7 cm³/mol. The topological polar surface area (TPSA) is 88.5 Å². The first-order chi connectivity index (χ1) is 10.3. The number of sulfone groups is 1. The van der Waals surface area contributed by atoms with Crippen molar-refractivity contribution in [3.63, 3.8) is 0 Å². The highest BCUT2D eigenvalue weighted by molar-refractivity contribution is 7.90. The Bertz CT molecular complexity index is 820. The van der Waals surface area contributed by atoms with Crippen LogP contribution in [0, 0.1) is 0 Å². The van der Waals surface area contributed by atoms with Gasteiger partial charge in [-0.25, -0.2) is 13.2 Å². The van der Waals surface area contributed by atoms with E-state index in [-0.39, 0.29) is 22.0 Å². The summed E-state index contributed by atoms with van der Waals surface area (Å²) < 4.78 is 24.7. The van der Waals surface area contributed by atoms with Crippen LogP contribution < -0.4 is 0 Å². The molecule has 0 amide bonds. The van der Waals surface area contributed by atoms with E-state index in [0.717, 1.165) is 0 Å². The smallest absolute Gasteiger partial charge is 0.335 e. The van der Waals surface area contributed by atoms with E-state index < -0.39 is 15.8 Å². The third-order valence-corrected chi connectivity index (χ3v) is 4.85. The number of ketones is 1. The molecule has 114 valence electrons. The number of hydrogen-bond acceptors (Lipinski definition) is 4. The van der Waals surface area contributed by atoms with E-state index in [1.165, 1.54) is 49.4 Å². The Labute approximate surface area is 128 Å². The molecule has 2 aromatic rings. The highest BCUT2D eigenvalue weighted by atomic mass is 32.2. The third-order valence-electron chi connectivity index (χ3n) is 3.15. The minimum absolute atomic E-state index is 0.0413. The maximum absolute atomic E-state index is 12.3. The van der Waals surface area contributed by atoms with E-state index >= 15 is 0 Å². The number of carboxylic acid groups (broad SMARTS) is 1. The molecule has 0 aliphatic carbocycles. The molecule has 0 unspecified atom stereocenters. The molecule has 2 aromatic carbocycles. The third kappa shape index (κ3) is 3.59. The van der Waals surface area contributed by atoms with Gasteiger partial charge >= 0.3 is 5.97 Å². The van der Waals surface area contributed by atoms with Gasteiger partial charge in [-0.05, 0) is 36.8 Å². The normalized spacial score (nSPS) is 11.1. The van der Waals surface area contributed by atoms with E-state index in [2.05, 4.69) is 0 Å². The maximum atomic E-state index is 12.3. The van der Waals surface area contributed by atoms with Crippen molar-refractivity contribution in [3.8, 4) is 0 Å². The monoisotopic (exact) mass is 318 g/mol. The van der Waals surface area contributed by atoms with Gasteiger partial charge in [-0.2, -0.15) is 0 Å². The molecule has 0 atom stereocenters. The fourth-order valence-corrected chi connectivity index (χ4v) is 3.33. The highest BCUT2D eigenvalue weighted by Gasteiger charge is 2.16. The molecule has 0 spiro atoms. The fraction of sp³-hybridized carbons (Fsp3) is 0.125. The van der Waals surface area contributed by atoms with Crippen molar-refractivity contribution in [2.24, 2.45) is 0 Å². The van der Waals surface area contributed by atoms with Crippen LogP contribution in [0.5, 0.6) is 0 Å². The first-order valence-corrected chi connectivity index (χ1v) is 8.11. The lowest BCUT2D eigenvalue weighted by molar-refractivity contribution is 0.0696. The van der Waals surface area contributed by atoms with Crippen LogP contribution in [-0.2, 0) is 15.6 Å². The van der Waals surface area contributed by atoms with Gasteiger partial charge in [0.05, 0.1) is 16.2 Å². The summed E-state index contributed by atoms with van der Waals surface area (Å²) in [7, 11) is -3.60. The number of carbonyl (C=O) groups excluding carboxylic acids is 1. The van der Waals surface area contributed by atoms with Crippen molar-refractivity contribution in [3.05, 3.63) is 65.2 Å². The van der Waals surface area contributed by atoms with E-state index in [9.17, 15) is 18.0 Å². The molecule has 0 aliphatic rings. The molecular formula is C16H14O5S. The van der Waals surface area contributed by atoms with Gasteiger partial charge in [0, 0.05) is 5.56 Å². The SMILES string of the molecule is CC(=O)c1ccc(S(=O)(=O)Cc2cccc(C(=O)O)c2)cc1. The minimum Gasteiger partial charge on any atom is -0.478 e. The Morgan fingerprint density at radius 3 is 2.18 bits per heavy atom. The summed E-state index contributed by atoms with van der Waals surface area (Å²) in [6.45, 7) is 1.40. The Kier molecular flexibility index (Phi) is 4.42. The predicted octanol–water partition coefficient (Wildman–Crippen LogP) is 2.56. The summed E-state index contributed by atoms with van der Waals surface area (Å²) in [6, 6.07) is 11.5. The van der Waals surface area contributed by atoms with Crippen LogP contribution in [0.25, 0.3) is 0 Å². The number of aromatic carboxylic acids is 1. The molecule has 1 N–H and O–H groups in total. The summed E-state index contributed by atoms with van der Waals surface area (Å²) in [5.41, 5.74) is 0.877. The van der Waals surface area contributed by atoms with Crippen molar-refractivity contribution in [2.75, 3.05) is 0 Å². The number of benzene rings is 2. The molecule has 0 saturated carbocycles. The van der Waals surface area contributed by atoms with Crippen molar-refractivity contribution < 1.29 is 23.1 Å². The summed E-state index contributed by atoms with van der Waals surface area (Å²) >= 11 is 0. The standard InChI is InChI=1S/C16H14O5S/c1-11(17)13-5-7-15(8-6-13)22(20,21)10-12-3-2-4-14(9-12)16(18)19/h2-9H,10H2,1H3,(H,18,19). The van der Waals surface area contributed by atoms with Crippen LogP contribution in [-0.4, -0.2) is 25.3 Å². The summed E-state index contributed by atoms with van der Waals surface area (Å²) in [5.74, 6) is -1.55. The van der Waals surface area contributed by atoms with Gasteiger partial charge in [-0.1, -0.05) is 24.3 Å². The largest absolute Gasteiger partial charge is 0.478 e. The van der Waals surface area contributed by atoms with Gasteiger partial charge in [0.1, 0.15) is 0 Å². The molecule has 0 bridgehead atoms. The Morgan fingerprint density at radius 1 is 1.00 bits per heavy atom. The van der Waals surface area contributed by atoms with Gasteiger partial charge in [0.2, 0.25) is 0 Å². The Hall–Kier alpha value is -2.47. The van der Waals surface area contributed by atoms with Gasteiger partial charge in [0.15, 0.2) is 15.6 Å². The zero-order valence-electron chi connectivity index (χ0n) is 11.8. The van der Waals surface area contributed by atoms with Crippen LogP contribution >= 0.6 is 0 Å². The maximum Gasteiger partial charge on any atom is 0.335 e. The van der Waals surface area contributed by atoms with Crippen LogP contribution in [0.2, 0.25) is 0 Å². The average molecular weight is 318 g/mol. The summed E-state index contributed by atoms with van der Waals surface area (Å²) in [5, 5.41) is 8.93. The molecule has 0 fully saturated rings. The van der Waals surface area contributed by atoms with Crippen molar-refractivity contribution >= 4 is 21.6 Å². The molecule has 0 aromatic heterocycles. The lowest BCUT2D eigenvalue weighted by atomic mass is 10.1. The van der Waals surface area contributed by atoms with Crippen molar-refractivity contribution in [2.45, 2.75) is 17.6 Å². The van der Waals surface area contributed by atoms with E-state index in [1.54, 1.807) is 6.07 Å². The molecule has 0 saturated heterocycles. The quantitative estimate of drug-likeness (QED) is 0.856. The van der Waals surface area contributed by atoms with Gasteiger partial charge in [-0.15, -0.1) is 0 Å². The summed E-state index contributed by atoms with van der Waals surface area (Å²) in [4.78, 5) is 22.2. The van der Waals surface area contributed by atoms with Crippen LogP contribution in [0.3, 0.4) is 0 Å². The first kappa shape index (κ1) is 15.9. The minimum atomic E-state index is -3.60. The molecule has 5 nitrogen and oxygen atoms in total. The molecule has 0 heterocycles. The second kappa shape index (κ2) is 6.11. The van der Waals surface area contributed by atoms with Crippen LogP contribution in [0.4, 0.5) is 0 Å². The zero-order valence-corrected chi connectivity index (χ0v) is 12.6. The van der Waals surface area contributed by atoms with Crippen molar-refractivity contribution in [1.29, 1.82) is 0 Å². The number of carbonyl (C=O) groups is 2. The van der Waals surface area contributed by atoms with Crippen LogP contribution in [0.1, 0.15) is 33.2 Å². The van der Waals surface area contributed by atoms with Crippen LogP contribution in [0.15, 0.2) is 53.4 Å².